The van der Waals surface area contributed by atoms with Crippen LogP contribution in [0.4, 0.5) is 0 Å². The van der Waals surface area contributed by atoms with E-state index in [0.29, 0.717) is 5.16 Å². The number of rotatable bonds is 4. The molecule has 5 nitrogen and oxygen atoms in total. The first-order valence-corrected chi connectivity index (χ1v) is 5.60. The number of likely N-dealkylation sites (N-methyl/N-ethyl adjacent to an activating group) is 1. The summed E-state index contributed by atoms with van der Waals surface area (Å²) in [6.07, 6.45) is 1.82. The molecule has 0 unspecified atom stereocenters. The molecule has 0 aromatic heterocycles. The van der Waals surface area contributed by atoms with Gasteiger partial charge in [-0.05, 0) is 13.8 Å². The van der Waals surface area contributed by atoms with Crippen molar-refractivity contribution in [3.8, 4) is 0 Å². The fourth-order valence-electron chi connectivity index (χ4n) is 1.33. The van der Waals surface area contributed by atoms with Crippen LogP contribution in [-0.4, -0.2) is 35.6 Å². The minimum Gasteiger partial charge on any atom is -0.356 e. The van der Waals surface area contributed by atoms with Crippen molar-refractivity contribution < 1.29 is 0 Å². The molecule has 0 atom stereocenters. The molecule has 0 aromatic carbocycles. The number of nitrogens with one attached hydrogen (secondary N) is 2. The average molecular weight is 232 g/mol. The molecule has 1 aliphatic heterocycles. The number of hydrogen-bond acceptors (Lipinski definition) is 5. The lowest BCUT2D eigenvalue weighted by molar-refractivity contribution is 0.142. The summed E-state index contributed by atoms with van der Waals surface area (Å²) in [7, 11) is 0. The summed E-state index contributed by atoms with van der Waals surface area (Å²) in [5.74, 6) is 0.865. The lowest BCUT2D eigenvalue weighted by atomic mass is 10.4. The monoisotopic (exact) mass is 231 g/mol. The highest BCUT2D eigenvalue weighted by Crippen LogP contribution is 2.07. The topological polar surface area (TPSA) is 42.9 Å². The van der Waals surface area contributed by atoms with Crippen LogP contribution in [0.25, 0.3) is 0 Å². The average Bonchev–Trinajstić information content (AvgIpc) is 2.19. The second kappa shape index (κ2) is 5.82. The van der Waals surface area contributed by atoms with Crippen LogP contribution in [0.2, 0.25) is 0 Å². The van der Waals surface area contributed by atoms with Gasteiger partial charge in [-0.15, -0.1) is 10.3 Å². The van der Waals surface area contributed by atoms with Gasteiger partial charge in [0.15, 0.2) is 5.84 Å². The predicted octanol–water partition coefficient (Wildman–Crippen LogP) is 1.07. The van der Waals surface area contributed by atoms with Crippen LogP contribution < -0.4 is 10.9 Å². The van der Waals surface area contributed by atoms with Crippen molar-refractivity contribution in [1.29, 1.82) is 0 Å². The highest BCUT2D eigenvalue weighted by Gasteiger charge is 2.14. The molecule has 1 rings (SSSR count). The van der Waals surface area contributed by atoms with Crippen LogP contribution in [0.15, 0.2) is 16.3 Å². The van der Waals surface area contributed by atoms with E-state index in [9.17, 15) is 0 Å². The standard InChI is InChI=1S/C9H18ClN5/c1-4-11-15-12-8(10)7-9(13-15)14(5-2)6-3/h7,11-12H,4-6H2,1-3H3. The lowest BCUT2D eigenvalue weighted by Crippen LogP contribution is -2.47. The summed E-state index contributed by atoms with van der Waals surface area (Å²) in [4.78, 5) is 2.13. The molecular weight excluding hydrogens is 214 g/mol. The van der Waals surface area contributed by atoms with Crippen molar-refractivity contribution in [2.75, 3.05) is 19.6 Å². The summed E-state index contributed by atoms with van der Waals surface area (Å²) >= 11 is 5.96. The van der Waals surface area contributed by atoms with E-state index in [1.165, 1.54) is 5.23 Å². The molecule has 0 aromatic rings. The Balaban J connectivity index is 2.75. The minimum atomic E-state index is 0.563. The zero-order valence-electron chi connectivity index (χ0n) is 9.42. The van der Waals surface area contributed by atoms with Gasteiger partial charge in [-0.25, -0.2) is 0 Å². The van der Waals surface area contributed by atoms with Gasteiger partial charge in [0.1, 0.15) is 5.16 Å². The molecule has 0 bridgehead atoms. The first kappa shape index (κ1) is 12.1. The zero-order chi connectivity index (χ0) is 11.3. The number of hydrazine groups is 2. The van der Waals surface area contributed by atoms with Crippen molar-refractivity contribution in [2.24, 2.45) is 5.10 Å². The van der Waals surface area contributed by atoms with E-state index in [2.05, 4.69) is 34.7 Å². The Kier molecular flexibility index (Phi) is 4.71. The second-order valence-electron chi connectivity index (χ2n) is 3.06. The van der Waals surface area contributed by atoms with E-state index < -0.39 is 0 Å². The van der Waals surface area contributed by atoms with Gasteiger partial charge in [-0.1, -0.05) is 18.5 Å². The highest BCUT2D eigenvalue weighted by molar-refractivity contribution is 6.30. The molecule has 0 saturated carbocycles. The van der Waals surface area contributed by atoms with Crippen molar-refractivity contribution in [3.63, 3.8) is 0 Å². The van der Waals surface area contributed by atoms with Gasteiger partial charge in [0.05, 0.1) is 0 Å². The quantitative estimate of drug-likeness (QED) is 0.711. The lowest BCUT2D eigenvalue weighted by Gasteiger charge is -2.29. The number of nitrogens with zero attached hydrogens (tertiary/aromatic N) is 3. The molecule has 2 N–H and O–H groups in total. The smallest absolute Gasteiger partial charge is 0.155 e. The van der Waals surface area contributed by atoms with Gasteiger partial charge in [0.25, 0.3) is 0 Å². The van der Waals surface area contributed by atoms with Crippen LogP contribution >= 0.6 is 11.6 Å². The van der Waals surface area contributed by atoms with Gasteiger partial charge in [-0.3, -0.25) is 5.43 Å². The first-order valence-electron chi connectivity index (χ1n) is 5.22. The van der Waals surface area contributed by atoms with E-state index >= 15 is 0 Å². The number of halogens is 1. The van der Waals surface area contributed by atoms with Gasteiger partial charge in [-0.2, -0.15) is 5.43 Å². The van der Waals surface area contributed by atoms with Crippen molar-refractivity contribution in [1.82, 2.24) is 21.0 Å². The van der Waals surface area contributed by atoms with E-state index in [4.69, 9.17) is 11.6 Å². The van der Waals surface area contributed by atoms with Crippen molar-refractivity contribution in [2.45, 2.75) is 20.8 Å². The molecule has 1 aliphatic rings. The van der Waals surface area contributed by atoms with Crippen LogP contribution in [0, 0.1) is 0 Å². The number of amidine groups is 1. The molecule has 0 aliphatic carbocycles. The maximum Gasteiger partial charge on any atom is 0.155 e. The van der Waals surface area contributed by atoms with Gasteiger partial charge in [0.2, 0.25) is 0 Å². The fourth-order valence-corrected chi connectivity index (χ4v) is 1.51. The summed E-state index contributed by atoms with van der Waals surface area (Å²) in [6, 6.07) is 0. The predicted molar refractivity (Wildman–Crippen MR) is 62.9 cm³/mol. The number of hydrogen-bond donors (Lipinski definition) is 2. The number of hydrazone groups is 1. The van der Waals surface area contributed by atoms with E-state index in [1.807, 2.05) is 13.0 Å². The Labute approximate surface area is 95.7 Å². The van der Waals surface area contributed by atoms with Crippen LogP contribution in [0.1, 0.15) is 20.8 Å². The molecule has 1 heterocycles. The summed E-state index contributed by atoms with van der Waals surface area (Å²) in [5, 5.41) is 6.46. The summed E-state index contributed by atoms with van der Waals surface area (Å²) < 4.78 is 0. The molecule has 0 fully saturated rings. The Morgan fingerprint density at radius 1 is 1.47 bits per heavy atom. The molecule has 6 heteroatoms. The van der Waals surface area contributed by atoms with Gasteiger partial charge >= 0.3 is 0 Å². The molecular formula is C9H18ClN5. The molecule has 15 heavy (non-hydrogen) atoms. The Bertz CT molecular complexity index is 259. The highest BCUT2D eigenvalue weighted by atomic mass is 35.5. The van der Waals surface area contributed by atoms with Crippen LogP contribution in [0.5, 0.6) is 0 Å². The molecule has 0 amide bonds. The van der Waals surface area contributed by atoms with Crippen LogP contribution in [0.3, 0.4) is 0 Å². The summed E-state index contributed by atoms with van der Waals surface area (Å²) in [5.41, 5.74) is 5.92. The van der Waals surface area contributed by atoms with Crippen LogP contribution in [-0.2, 0) is 0 Å². The second-order valence-corrected chi connectivity index (χ2v) is 3.47. The van der Waals surface area contributed by atoms with E-state index in [0.717, 1.165) is 25.5 Å². The van der Waals surface area contributed by atoms with E-state index in [1.54, 1.807) is 0 Å². The van der Waals surface area contributed by atoms with E-state index in [-0.39, 0.29) is 0 Å². The Morgan fingerprint density at radius 2 is 2.13 bits per heavy atom. The first-order chi connectivity index (χ1) is 7.21. The maximum absolute atomic E-state index is 5.96. The summed E-state index contributed by atoms with van der Waals surface area (Å²) in [6.45, 7) is 8.79. The Hall–Kier alpha value is -0.940. The Morgan fingerprint density at radius 3 is 2.67 bits per heavy atom. The zero-order valence-corrected chi connectivity index (χ0v) is 10.2. The maximum atomic E-state index is 5.96. The van der Waals surface area contributed by atoms with Gasteiger partial charge < -0.3 is 4.90 Å². The third-order valence-electron chi connectivity index (χ3n) is 2.07. The third-order valence-corrected chi connectivity index (χ3v) is 2.26. The van der Waals surface area contributed by atoms with Gasteiger partial charge in [0, 0.05) is 25.7 Å². The molecule has 0 saturated heterocycles. The third kappa shape index (κ3) is 3.28. The normalized spacial score (nSPS) is 15.6. The van der Waals surface area contributed by atoms with Crippen molar-refractivity contribution in [3.05, 3.63) is 11.2 Å². The largest absolute Gasteiger partial charge is 0.356 e. The molecule has 86 valence electrons. The molecule has 0 spiro atoms. The van der Waals surface area contributed by atoms with Crippen molar-refractivity contribution >= 4 is 17.4 Å². The fraction of sp³-hybridized carbons (Fsp3) is 0.667. The molecule has 0 radical (unpaired) electrons. The minimum absolute atomic E-state index is 0.563. The SMILES string of the molecule is CCNN1N=C(N(CC)CC)C=C(Cl)N1.